The third-order valence-corrected chi connectivity index (χ3v) is 2.92. The fourth-order valence-corrected chi connectivity index (χ4v) is 2.29. The largest absolute Gasteiger partial charge is 0.312 e. The molecule has 3 heteroatoms. The van der Waals surface area contributed by atoms with Crippen LogP contribution in [0.4, 0.5) is 0 Å². The van der Waals surface area contributed by atoms with Crippen LogP contribution in [0.5, 0.6) is 0 Å². The number of thiazole rings is 1. The molecule has 0 saturated heterocycles. The summed E-state index contributed by atoms with van der Waals surface area (Å²) in [6.45, 7) is 0. The smallest absolute Gasteiger partial charge is 0.0798 e. The number of fused-ring (bicyclic) bond motifs is 1. The molecule has 2 nitrogen and oxygen atoms in total. The zero-order chi connectivity index (χ0) is 6.97. The minimum Gasteiger partial charge on any atom is -0.312 e. The Bertz CT molecular complexity index is 231. The van der Waals surface area contributed by atoms with Gasteiger partial charge in [0, 0.05) is 4.88 Å². The van der Waals surface area contributed by atoms with Gasteiger partial charge in [0.2, 0.25) is 0 Å². The van der Waals surface area contributed by atoms with Gasteiger partial charge in [-0.15, -0.1) is 11.3 Å². The maximum absolute atomic E-state index is 4.31. The molecule has 1 aromatic heterocycles. The molecular weight excluding hydrogens is 144 g/mol. The van der Waals surface area contributed by atoms with Crippen LogP contribution in [0.15, 0.2) is 5.51 Å². The van der Waals surface area contributed by atoms with Gasteiger partial charge in [-0.25, -0.2) is 4.98 Å². The number of rotatable bonds is 1. The van der Waals surface area contributed by atoms with E-state index in [2.05, 4.69) is 10.3 Å². The third kappa shape index (κ3) is 0.777. The molecule has 0 fully saturated rings. The van der Waals surface area contributed by atoms with E-state index in [1.165, 1.54) is 23.4 Å². The molecule has 0 radical (unpaired) electrons. The molecule has 0 spiro atoms. The van der Waals surface area contributed by atoms with Crippen LogP contribution in [0, 0.1) is 0 Å². The summed E-state index contributed by atoms with van der Waals surface area (Å²) in [6, 6.07) is 0.529. The second-order valence-electron chi connectivity index (χ2n) is 2.54. The first-order valence-corrected chi connectivity index (χ1v) is 4.39. The number of hydrogen-bond acceptors (Lipinski definition) is 3. The quantitative estimate of drug-likeness (QED) is 0.660. The van der Waals surface area contributed by atoms with Gasteiger partial charge in [0.05, 0.1) is 17.2 Å². The van der Waals surface area contributed by atoms with E-state index in [1.54, 1.807) is 11.3 Å². The van der Waals surface area contributed by atoms with Gasteiger partial charge in [-0.1, -0.05) is 0 Å². The van der Waals surface area contributed by atoms with Crippen molar-refractivity contribution in [1.82, 2.24) is 10.3 Å². The summed E-state index contributed by atoms with van der Waals surface area (Å²) >= 11 is 1.78. The molecule has 2 rings (SSSR count). The van der Waals surface area contributed by atoms with Crippen LogP contribution < -0.4 is 5.32 Å². The summed E-state index contributed by atoms with van der Waals surface area (Å²) in [6.07, 6.45) is 2.44. The number of nitrogens with one attached hydrogen (secondary N) is 1. The highest BCUT2D eigenvalue weighted by atomic mass is 32.1. The molecule has 0 aliphatic heterocycles. The Kier molecular flexibility index (Phi) is 1.47. The van der Waals surface area contributed by atoms with E-state index in [9.17, 15) is 0 Å². The number of nitrogens with zero attached hydrogens (tertiary/aromatic N) is 1. The van der Waals surface area contributed by atoms with Crippen molar-refractivity contribution in [2.24, 2.45) is 0 Å². The SMILES string of the molecule is CNC1CCc2scnc21. The van der Waals surface area contributed by atoms with Crippen LogP contribution in [-0.4, -0.2) is 12.0 Å². The van der Waals surface area contributed by atoms with E-state index < -0.39 is 0 Å². The van der Waals surface area contributed by atoms with Gasteiger partial charge in [0.25, 0.3) is 0 Å². The predicted molar refractivity (Wildman–Crippen MR) is 42.2 cm³/mol. The van der Waals surface area contributed by atoms with Crippen LogP contribution in [0.3, 0.4) is 0 Å². The fourth-order valence-electron chi connectivity index (χ4n) is 1.44. The molecule has 0 aromatic carbocycles. The van der Waals surface area contributed by atoms with Gasteiger partial charge in [0.1, 0.15) is 0 Å². The second kappa shape index (κ2) is 2.32. The van der Waals surface area contributed by atoms with Crippen molar-refractivity contribution in [3.8, 4) is 0 Å². The van der Waals surface area contributed by atoms with Gasteiger partial charge < -0.3 is 5.32 Å². The van der Waals surface area contributed by atoms with Gasteiger partial charge in [-0.2, -0.15) is 0 Å². The molecule has 0 bridgehead atoms. The van der Waals surface area contributed by atoms with Crippen LogP contribution in [0.1, 0.15) is 23.0 Å². The zero-order valence-corrected chi connectivity index (χ0v) is 6.74. The minimum absolute atomic E-state index is 0.529. The van der Waals surface area contributed by atoms with Crippen LogP contribution in [-0.2, 0) is 6.42 Å². The number of aromatic nitrogens is 1. The van der Waals surface area contributed by atoms with Crippen molar-refractivity contribution >= 4 is 11.3 Å². The summed E-state index contributed by atoms with van der Waals surface area (Å²) in [5, 5.41) is 3.25. The lowest BCUT2D eigenvalue weighted by molar-refractivity contribution is 0.579. The molecule has 1 aliphatic rings. The van der Waals surface area contributed by atoms with E-state index in [0.29, 0.717) is 6.04 Å². The highest BCUT2D eigenvalue weighted by Crippen LogP contribution is 2.31. The van der Waals surface area contributed by atoms with E-state index >= 15 is 0 Å². The summed E-state index contributed by atoms with van der Waals surface area (Å²) in [4.78, 5) is 5.78. The van der Waals surface area contributed by atoms with Crippen molar-refractivity contribution in [2.45, 2.75) is 18.9 Å². The lowest BCUT2D eigenvalue weighted by Gasteiger charge is -2.04. The summed E-state index contributed by atoms with van der Waals surface area (Å²) in [7, 11) is 2.00. The first kappa shape index (κ1) is 6.31. The maximum Gasteiger partial charge on any atom is 0.0798 e. The predicted octanol–water partition coefficient (Wildman–Crippen LogP) is 1.35. The van der Waals surface area contributed by atoms with Gasteiger partial charge in [-0.05, 0) is 19.9 Å². The third-order valence-electron chi connectivity index (χ3n) is 2.01. The Hall–Kier alpha value is -0.410. The van der Waals surface area contributed by atoms with Crippen LogP contribution in [0.2, 0.25) is 0 Å². The van der Waals surface area contributed by atoms with E-state index in [4.69, 9.17) is 0 Å². The molecule has 1 heterocycles. The average Bonchev–Trinajstić information content (AvgIpc) is 2.44. The zero-order valence-electron chi connectivity index (χ0n) is 5.92. The second-order valence-corrected chi connectivity index (χ2v) is 3.48. The Labute approximate surface area is 64.3 Å². The molecule has 1 aliphatic carbocycles. The molecule has 10 heavy (non-hydrogen) atoms. The van der Waals surface area contributed by atoms with Gasteiger partial charge in [-0.3, -0.25) is 0 Å². The van der Waals surface area contributed by atoms with Gasteiger partial charge >= 0.3 is 0 Å². The molecular formula is C7H10N2S. The molecule has 1 unspecified atom stereocenters. The van der Waals surface area contributed by atoms with Crippen molar-refractivity contribution in [2.75, 3.05) is 7.05 Å². The first-order chi connectivity index (χ1) is 4.92. The van der Waals surface area contributed by atoms with Crippen LogP contribution >= 0.6 is 11.3 Å². The first-order valence-electron chi connectivity index (χ1n) is 3.51. The maximum atomic E-state index is 4.31. The van der Waals surface area contributed by atoms with Crippen molar-refractivity contribution in [1.29, 1.82) is 0 Å². The van der Waals surface area contributed by atoms with Gasteiger partial charge in [0.15, 0.2) is 0 Å². The Morgan fingerprint density at radius 2 is 2.70 bits per heavy atom. The number of aryl methyl sites for hydroxylation is 1. The standard InChI is InChI=1S/C7H10N2S/c1-8-5-2-3-6-7(5)9-4-10-6/h4-5,8H,2-3H2,1H3. The molecule has 0 amide bonds. The topological polar surface area (TPSA) is 24.9 Å². The normalized spacial score (nSPS) is 23.1. The van der Waals surface area contributed by atoms with Crippen molar-refractivity contribution in [3.05, 3.63) is 16.1 Å². The molecule has 1 atom stereocenters. The summed E-state index contributed by atoms with van der Waals surface area (Å²) < 4.78 is 0. The highest BCUT2D eigenvalue weighted by molar-refractivity contribution is 7.09. The fraction of sp³-hybridized carbons (Fsp3) is 0.571. The molecule has 54 valence electrons. The lowest BCUT2D eigenvalue weighted by atomic mass is 10.2. The molecule has 1 aromatic rings. The Morgan fingerprint density at radius 3 is 3.50 bits per heavy atom. The summed E-state index contributed by atoms with van der Waals surface area (Å²) in [5.74, 6) is 0. The van der Waals surface area contributed by atoms with Crippen molar-refractivity contribution < 1.29 is 0 Å². The molecule has 1 N–H and O–H groups in total. The summed E-state index contributed by atoms with van der Waals surface area (Å²) in [5.41, 5.74) is 3.22. The average molecular weight is 154 g/mol. The monoisotopic (exact) mass is 154 g/mol. The van der Waals surface area contributed by atoms with Crippen LogP contribution in [0.25, 0.3) is 0 Å². The van der Waals surface area contributed by atoms with E-state index in [-0.39, 0.29) is 0 Å². The Balaban J connectivity index is 2.34. The van der Waals surface area contributed by atoms with Crippen molar-refractivity contribution in [3.63, 3.8) is 0 Å². The molecule has 0 saturated carbocycles. The lowest BCUT2D eigenvalue weighted by Crippen LogP contribution is -2.13. The van der Waals surface area contributed by atoms with E-state index in [1.807, 2.05) is 12.6 Å². The van der Waals surface area contributed by atoms with E-state index in [0.717, 1.165) is 0 Å². The Morgan fingerprint density at radius 1 is 1.80 bits per heavy atom. The minimum atomic E-state index is 0.529. The number of hydrogen-bond donors (Lipinski definition) is 1. The highest BCUT2D eigenvalue weighted by Gasteiger charge is 2.22.